The number of hydrogen-bond donors (Lipinski definition) is 2. The van der Waals surface area contributed by atoms with Gasteiger partial charge >= 0.3 is 5.97 Å². The number of epoxide rings is 1. The van der Waals surface area contributed by atoms with E-state index in [1.54, 1.807) is 20.8 Å². The zero-order valence-electron chi connectivity index (χ0n) is 19.0. The first-order valence-electron chi connectivity index (χ1n) is 10.9. The SMILES string of the molecule is CC(=CI)[C@@H]1C[C@@H]2O[C@]2(C)CCC[C@H](C)[C@H](O)[C@@H](C)C(=O)C(C)(C)[C@@H](O)CC(=O)O1. The summed E-state index contributed by atoms with van der Waals surface area (Å²) in [5.41, 5.74) is -0.489. The highest BCUT2D eigenvalue weighted by Gasteiger charge is 2.53. The lowest BCUT2D eigenvalue weighted by molar-refractivity contribution is -0.154. The van der Waals surface area contributed by atoms with Gasteiger partial charge in [0.2, 0.25) is 0 Å². The van der Waals surface area contributed by atoms with Crippen molar-refractivity contribution in [1.82, 2.24) is 0 Å². The highest BCUT2D eigenvalue weighted by Crippen LogP contribution is 2.45. The molecule has 30 heavy (non-hydrogen) atoms. The topological polar surface area (TPSA) is 96.4 Å². The standard InChI is InChI=1S/C23H37IO6/c1-13-8-7-9-23(6)18(30-23)10-16(14(2)12-24)29-19(26)11-17(25)22(4,5)21(28)15(3)20(13)27/h12-13,15-18,20,25,27H,7-11H2,1-6H3/t13-,15+,16-,17-,18-,20-,23+/m0/s1. The van der Waals surface area contributed by atoms with Crippen LogP contribution in [0.4, 0.5) is 0 Å². The second-order valence-electron chi connectivity index (χ2n) is 9.94. The summed E-state index contributed by atoms with van der Waals surface area (Å²) in [6.45, 7) is 10.9. The van der Waals surface area contributed by atoms with E-state index >= 15 is 0 Å². The largest absolute Gasteiger partial charge is 0.458 e. The lowest BCUT2D eigenvalue weighted by Crippen LogP contribution is -2.45. The first kappa shape index (κ1) is 25.7. The maximum Gasteiger partial charge on any atom is 0.309 e. The summed E-state index contributed by atoms with van der Waals surface area (Å²) in [6, 6.07) is 0. The van der Waals surface area contributed by atoms with E-state index in [1.165, 1.54) is 0 Å². The van der Waals surface area contributed by atoms with Crippen LogP contribution < -0.4 is 0 Å². The van der Waals surface area contributed by atoms with E-state index in [4.69, 9.17) is 9.47 Å². The van der Waals surface area contributed by atoms with E-state index in [2.05, 4.69) is 29.5 Å². The molecular formula is C23H37IO6. The predicted molar refractivity (Wildman–Crippen MR) is 123 cm³/mol. The number of rotatable bonds is 1. The predicted octanol–water partition coefficient (Wildman–Crippen LogP) is 3.95. The number of ketones is 1. The van der Waals surface area contributed by atoms with Crippen LogP contribution in [-0.2, 0) is 19.1 Å². The van der Waals surface area contributed by atoms with Gasteiger partial charge in [0.1, 0.15) is 11.9 Å². The fourth-order valence-electron chi connectivity index (χ4n) is 4.36. The second kappa shape index (κ2) is 9.96. The molecule has 0 radical (unpaired) electrons. The Hall–Kier alpha value is -0.510. The maximum atomic E-state index is 13.1. The fourth-order valence-corrected chi connectivity index (χ4v) is 4.77. The lowest BCUT2D eigenvalue weighted by atomic mass is 9.73. The van der Waals surface area contributed by atoms with Crippen molar-refractivity contribution < 1.29 is 29.3 Å². The minimum atomic E-state index is -1.19. The number of esters is 1. The number of hydrogen-bond acceptors (Lipinski definition) is 6. The van der Waals surface area contributed by atoms with E-state index in [-0.39, 0.29) is 29.8 Å². The van der Waals surface area contributed by atoms with E-state index < -0.39 is 35.6 Å². The third kappa shape index (κ3) is 5.84. The third-order valence-corrected chi connectivity index (χ3v) is 8.07. The fraction of sp³-hybridized carbons (Fsp3) is 0.826. The second-order valence-corrected chi connectivity index (χ2v) is 10.6. The number of halogens is 1. The van der Waals surface area contributed by atoms with Crippen molar-refractivity contribution in [2.45, 2.75) is 104 Å². The Labute approximate surface area is 193 Å². The van der Waals surface area contributed by atoms with Gasteiger partial charge in [0.25, 0.3) is 0 Å². The molecule has 0 aromatic carbocycles. The van der Waals surface area contributed by atoms with Gasteiger partial charge in [-0.15, -0.1) is 0 Å². The summed E-state index contributed by atoms with van der Waals surface area (Å²) in [7, 11) is 0. The molecule has 0 saturated carbocycles. The van der Waals surface area contributed by atoms with Crippen molar-refractivity contribution in [1.29, 1.82) is 0 Å². The molecule has 2 aliphatic heterocycles. The van der Waals surface area contributed by atoms with Gasteiger partial charge in [-0.25, -0.2) is 0 Å². The van der Waals surface area contributed by atoms with Crippen LogP contribution in [-0.4, -0.2) is 52.0 Å². The van der Waals surface area contributed by atoms with Crippen LogP contribution in [0.15, 0.2) is 9.66 Å². The molecule has 2 N–H and O–H groups in total. The zero-order chi connectivity index (χ0) is 22.9. The molecule has 0 spiro atoms. The quantitative estimate of drug-likeness (QED) is 0.300. The van der Waals surface area contributed by atoms with E-state index in [1.807, 2.05) is 17.9 Å². The molecule has 0 aliphatic carbocycles. The average Bonchev–Trinajstić information content (AvgIpc) is 3.32. The number of carbonyl (C=O) groups excluding carboxylic acids is 2. The van der Waals surface area contributed by atoms with Crippen LogP contribution in [0.3, 0.4) is 0 Å². The molecule has 0 aromatic rings. The number of ether oxygens (including phenoxy) is 2. The minimum Gasteiger partial charge on any atom is -0.458 e. The average molecular weight is 536 g/mol. The number of aliphatic hydroxyl groups is 2. The van der Waals surface area contributed by atoms with Crippen LogP contribution in [0, 0.1) is 17.3 Å². The number of cyclic esters (lactones) is 1. The Balaban J connectivity index is 2.26. The molecule has 2 heterocycles. The number of carbonyl (C=O) groups is 2. The highest BCUT2D eigenvalue weighted by molar-refractivity contribution is 14.1. The van der Waals surface area contributed by atoms with Crippen LogP contribution in [0.25, 0.3) is 0 Å². The maximum absolute atomic E-state index is 13.1. The van der Waals surface area contributed by atoms with Gasteiger partial charge in [-0.2, -0.15) is 0 Å². The van der Waals surface area contributed by atoms with E-state index in [0.29, 0.717) is 6.42 Å². The van der Waals surface area contributed by atoms with Crippen LogP contribution in [0.2, 0.25) is 0 Å². The number of aliphatic hydroxyl groups excluding tert-OH is 2. The van der Waals surface area contributed by atoms with E-state index in [0.717, 1.165) is 24.8 Å². The third-order valence-electron chi connectivity index (χ3n) is 7.09. The lowest BCUT2D eigenvalue weighted by Gasteiger charge is -2.34. The summed E-state index contributed by atoms with van der Waals surface area (Å²) in [5, 5.41) is 21.4. The summed E-state index contributed by atoms with van der Waals surface area (Å²) in [4.78, 5) is 25.7. The Morgan fingerprint density at radius 3 is 2.43 bits per heavy atom. The Morgan fingerprint density at radius 1 is 1.20 bits per heavy atom. The van der Waals surface area contributed by atoms with Crippen molar-refractivity contribution >= 4 is 34.3 Å². The van der Waals surface area contributed by atoms with Gasteiger partial charge in [-0.1, -0.05) is 56.7 Å². The van der Waals surface area contributed by atoms with Crippen LogP contribution in [0.5, 0.6) is 0 Å². The Morgan fingerprint density at radius 2 is 1.83 bits per heavy atom. The molecule has 0 bridgehead atoms. The summed E-state index contributed by atoms with van der Waals surface area (Å²) >= 11 is 2.13. The number of Topliss-reactive ketones (excluding diaryl/α,β-unsaturated/α-hetero) is 1. The Kier molecular flexibility index (Phi) is 8.55. The van der Waals surface area contributed by atoms with E-state index in [9.17, 15) is 19.8 Å². The highest BCUT2D eigenvalue weighted by atomic mass is 127. The van der Waals surface area contributed by atoms with Gasteiger partial charge in [0.15, 0.2) is 0 Å². The molecule has 7 heteroatoms. The molecule has 2 saturated heterocycles. The molecule has 0 aromatic heterocycles. The first-order valence-corrected chi connectivity index (χ1v) is 12.1. The molecule has 2 rings (SSSR count). The summed E-state index contributed by atoms with van der Waals surface area (Å²) in [5.74, 6) is -1.47. The molecule has 0 unspecified atom stereocenters. The zero-order valence-corrected chi connectivity index (χ0v) is 21.1. The van der Waals surface area contributed by atoms with Crippen molar-refractivity contribution in [3.8, 4) is 0 Å². The van der Waals surface area contributed by atoms with Gasteiger partial charge in [0, 0.05) is 12.3 Å². The summed E-state index contributed by atoms with van der Waals surface area (Å²) < 4.78 is 13.5. The molecule has 6 nitrogen and oxygen atoms in total. The van der Waals surface area contributed by atoms with Crippen LogP contribution >= 0.6 is 22.6 Å². The Bertz CT molecular complexity index is 675. The molecule has 2 fully saturated rings. The molecule has 7 atom stereocenters. The van der Waals surface area contributed by atoms with Gasteiger partial charge in [0.05, 0.1) is 35.7 Å². The van der Waals surface area contributed by atoms with Crippen molar-refractivity contribution in [3.05, 3.63) is 9.66 Å². The molecule has 2 aliphatic rings. The molecule has 172 valence electrons. The van der Waals surface area contributed by atoms with Crippen molar-refractivity contribution in [2.24, 2.45) is 17.3 Å². The van der Waals surface area contributed by atoms with Gasteiger partial charge < -0.3 is 19.7 Å². The van der Waals surface area contributed by atoms with Gasteiger partial charge in [-0.05, 0) is 42.3 Å². The van der Waals surface area contributed by atoms with Crippen LogP contribution in [0.1, 0.15) is 73.6 Å². The van der Waals surface area contributed by atoms with Crippen molar-refractivity contribution in [3.63, 3.8) is 0 Å². The normalized spacial score (nSPS) is 41.7. The minimum absolute atomic E-state index is 0.0107. The monoisotopic (exact) mass is 536 g/mol. The first-order chi connectivity index (χ1) is 13.8. The smallest absolute Gasteiger partial charge is 0.309 e. The van der Waals surface area contributed by atoms with Crippen molar-refractivity contribution in [2.75, 3.05) is 0 Å². The summed E-state index contributed by atoms with van der Waals surface area (Å²) in [6.07, 6.45) is 0.427. The molecular weight excluding hydrogens is 499 g/mol. The number of fused-ring (bicyclic) bond motifs is 1. The van der Waals surface area contributed by atoms with Gasteiger partial charge in [-0.3, -0.25) is 9.59 Å². The molecule has 0 amide bonds.